The first kappa shape index (κ1) is 17.8. The quantitative estimate of drug-likeness (QED) is 0.776. The smallest absolute Gasteiger partial charge is 0.348 e. The number of hydrogen-bond donors (Lipinski definition) is 1. The molecule has 0 bridgehead atoms. The average molecular weight is 359 g/mol. The van der Waals surface area contributed by atoms with Crippen molar-refractivity contribution in [3.63, 3.8) is 0 Å². The molecule has 3 nitrogen and oxygen atoms in total. The lowest BCUT2D eigenvalue weighted by Crippen LogP contribution is -2.46. The molecular formula is C21H23ClO3. The topological polar surface area (TPSA) is 46.5 Å². The number of carbonyl (C=O) groups is 1. The minimum absolute atomic E-state index is 0.206. The second-order valence-electron chi connectivity index (χ2n) is 7.17. The molecule has 2 aromatic carbocycles. The van der Waals surface area contributed by atoms with Gasteiger partial charge in [-0.3, -0.25) is 0 Å². The standard InChI is InChI=1S/C21H23ClO3/c1-13(2)14-4-8-17(9-5-14)25-21(3,20(23)24)19-11-6-15-12-16(22)7-10-18(15)19/h4-5,7-10,12-13,19H,6,11H2,1-3H3,(H,23,24)/t19-,21-/m1/s1. The highest BCUT2D eigenvalue weighted by Crippen LogP contribution is 2.43. The van der Waals surface area contributed by atoms with E-state index in [0.29, 0.717) is 16.7 Å². The highest BCUT2D eigenvalue weighted by atomic mass is 35.5. The van der Waals surface area contributed by atoms with Crippen LogP contribution in [0.15, 0.2) is 42.5 Å². The van der Waals surface area contributed by atoms with Gasteiger partial charge in [0.15, 0.2) is 0 Å². The minimum atomic E-state index is -1.32. The predicted octanol–water partition coefficient (Wildman–Crippen LogP) is 5.42. The van der Waals surface area contributed by atoms with E-state index < -0.39 is 11.6 Å². The molecule has 132 valence electrons. The fraction of sp³-hybridized carbons (Fsp3) is 0.381. The second-order valence-corrected chi connectivity index (χ2v) is 7.61. The molecule has 0 radical (unpaired) electrons. The van der Waals surface area contributed by atoms with Crippen LogP contribution >= 0.6 is 11.6 Å². The summed E-state index contributed by atoms with van der Waals surface area (Å²) in [5.74, 6) is -0.154. The van der Waals surface area contributed by atoms with Gasteiger partial charge >= 0.3 is 5.97 Å². The van der Waals surface area contributed by atoms with E-state index in [1.807, 2.05) is 42.5 Å². The Balaban J connectivity index is 1.92. The molecule has 0 aromatic heterocycles. The Morgan fingerprint density at radius 2 is 1.92 bits per heavy atom. The number of benzene rings is 2. The molecule has 3 rings (SSSR count). The van der Waals surface area contributed by atoms with Gasteiger partial charge in [-0.2, -0.15) is 0 Å². The van der Waals surface area contributed by atoms with Crippen molar-refractivity contribution in [2.45, 2.75) is 51.0 Å². The van der Waals surface area contributed by atoms with Crippen molar-refractivity contribution in [1.82, 2.24) is 0 Å². The molecule has 4 heteroatoms. The summed E-state index contributed by atoms with van der Waals surface area (Å²) in [7, 11) is 0. The fourth-order valence-electron chi connectivity index (χ4n) is 3.59. The number of ether oxygens (including phenoxy) is 1. The molecule has 0 aliphatic heterocycles. The molecule has 2 atom stereocenters. The Morgan fingerprint density at radius 3 is 2.52 bits per heavy atom. The Bertz CT molecular complexity index is 782. The normalized spacial score (nSPS) is 18.7. The summed E-state index contributed by atoms with van der Waals surface area (Å²) in [5.41, 5.74) is 2.01. The van der Waals surface area contributed by atoms with Crippen LogP contribution in [-0.2, 0) is 11.2 Å². The van der Waals surface area contributed by atoms with E-state index >= 15 is 0 Å². The van der Waals surface area contributed by atoms with Gasteiger partial charge < -0.3 is 9.84 Å². The summed E-state index contributed by atoms with van der Waals surface area (Å²) >= 11 is 6.07. The molecular weight excluding hydrogens is 336 g/mol. The van der Waals surface area contributed by atoms with Gasteiger partial charge in [-0.15, -0.1) is 0 Å². The summed E-state index contributed by atoms with van der Waals surface area (Å²) in [6.07, 6.45) is 1.56. The number of carboxylic acids is 1. The third-order valence-corrected chi connectivity index (χ3v) is 5.38. The van der Waals surface area contributed by atoms with E-state index in [4.69, 9.17) is 16.3 Å². The molecule has 0 saturated carbocycles. The number of aliphatic carboxylic acids is 1. The third kappa shape index (κ3) is 3.38. The Kier molecular flexibility index (Phi) is 4.79. The zero-order valence-electron chi connectivity index (χ0n) is 14.8. The molecule has 0 spiro atoms. The van der Waals surface area contributed by atoms with Gasteiger partial charge in [0.25, 0.3) is 0 Å². The first-order valence-electron chi connectivity index (χ1n) is 8.62. The molecule has 0 amide bonds. The van der Waals surface area contributed by atoms with E-state index in [-0.39, 0.29) is 5.92 Å². The highest BCUT2D eigenvalue weighted by Gasteiger charge is 2.47. The van der Waals surface area contributed by atoms with Crippen LogP contribution in [0.1, 0.15) is 55.7 Å². The van der Waals surface area contributed by atoms with Gasteiger partial charge in [-0.1, -0.05) is 43.6 Å². The van der Waals surface area contributed by atoms with Crippen molar-refractivity contribution < 1.29 is 14.6 Å². The van der Waals surface area contributed by atoms with E-state index in [0.717, 1.165) is 24.0 Å². The SMILES string of the molecule is CC(C)c1ccc(O[C@@](C)(C(=O)O)[C@@H]2CCc3cc(Cl)ccc32)cc1. The maximum Gasteiger partial charge on any atom is 0.348 e. The summed E-state index contributed by atoms with van der Waals surface area (Å²) in [6, 6.07) is 13.4. The largest absolute Gasteiger partial charge is 0.478 e. The lowest BCUT2D eigenvalue weighted by molar-refractivity contribution is -0.155. The van der Waals surface area contributed by atoms with Crippen LogP contribution in [0.5, 0.6) is 5.75 Å². The van der Waals surface area contributed by atoms with Crippen LogP contribution in [0.3, 0.4) is 0 Å². The zero-order chi connectivity index (χ0) is 18.2. The van der Waals surface area contributed by atoms with Gasteiger partial charge in [0.2, 0.25) is 5.60 Å². The van der Waals surface area contributed by atoms with Crippen molar-refractivity contribution in [3.05, 3.63) is 64.2 Å². The molecule has 0 fully saturated rings. The summed E-state index contributed by atoms with van der Waals surface area (Å²) < 4.78 is 6.04. The second kappa shape index (κ2) is 6.72. The minimum Gasteiger partial charge on any atom is -0.478 e. The molecule has 0 saturated heterocycles. The lowest BCUT2D eigenvalue weighted by Gasteiger charge is -2.33. The van der Waals surface area contributed by atoms with E-state index in [9.17, 15) is 9.90 Å². The van der Waals surface area contributed by atoms with Crippen molar-refractivity contribution >= 4 is 17.6 Å². The fourth-order valence-corrected chi connectivity index (χ4v) is 3.78. The molecule has 0 heterocycles. The molecule has 1 aliphatic carbocycles. The Hall–Kier alpha value is -2.00. The zero-order valence-corrected chi connectivity index (χ0v) is 15.5. The van der Waals surface area contributed by atoms with Gasteiger partial charge in [-0.05, 0) is 66.6 Å². The lowest BCUT2D eigenvalue weighted by atomic mass is 9.84. The van der Waals surface area contributed by atoms with Crippen LogP contribution in [0, 0.1) is 0 Å². The van der Waals surface area contributed by atoms with Gasteiger partial charge in [0, 0.05) is 10.9 Å². The predicted molar refractivity (Wildman–Crippen MR) is 99.7 cm³/mol. The first-order valence-corrected chi connectivity index (χ1v) is 8.99. The Labute approximate surface area is 153 Å². The van der Waals surface area contributed by atoms with Crippen LogP contribution in [0.4, 0.5) is 0 Å². The third-order valence-electron chi connectivity index (χ3n) is 5.15. The molecule has 25 heavy (non-hydrogen) atoms. The number of halogens is 1. The number of carboxylic acid groups (broad SMARTS) is 1. The molecule has 0 unspecified atom stereocenters. The van der Waals surface area contributed by atoms with E-state index in [1.54, 1.807) is 6.92 Å². The van der Waals surface area contributed by atoms with E-state index in [2.05, 4.69) is 13.8 Å². The monoisotopic (exact) mass is 358 g/mol. The van der Waals surface area contributed by atoms with Gasteiger partial charge in [0.05, 0.1) is 0 Å². The number of fused-ring (bicyclic) bond motifs is 1. The average Bonchev–Trinajstić information content (AvgIpc) is 2.98. The number of hydrogen-bond acceptors (Lipinski definition) is 2. The van der Waals surface area contributed by atoms with Crippen molar-refractivity contribution in [2.75, 3.05) is 0 Å². The molecule has 1 aliphatic rings. The maximum absolute atomic E-state index is 12.1. The van der Waals surface area contributed by atoms with Crippen LogP contribution < -0.4 is 4.74 Å². The first-order chi connectivity index (χ1) is 11.8. The van der Waals surface area contributed by atoms with Crippen LogP contribution in [0.2, 0.25) is 5.02 Å². The summed E-state index contributed by atoms with van der Waals surface area (Å²) in [4.78, 5) is 12.1. The molecule has 1 N–H and O–H groups in total. The maximum atomic E-state index is 12.1. The van der Waals surface area contributed by atoms with Crippen LogP contribution in [-0.4, -0.2) is 16.7 Å². The van der Waals surface area contributed by atoms with Gasteiger partial charge in [0.1, 0.15) is 5.75 Å². The van der Waals surface area contributed by atoms with Crippen molar-refractivity contribution in [1.29, 1.82) is 0 Å². The number of aryl methyl sites for hydroxylation is 1. The summed E-state index contributed by atoms with van der Waals surface area (Å²) in [6.45, 7) is 5.91. The highest BCUT2D eigenvalue weighted by molar-refractivity contribution is 6.30. The van der Waals surface area contributed by atoms with Crippen molar-refractivity contribution in [2.24, 2.45) is 0 Å². The van der Waals surface area contributed by atoms with E-state index in [1.165, 1.54) is 5.56 Å². The van der Waals surface area contributed by atoms with Crippen LogP contribution in [0.25, 0.3) is 0 Å². The molecule has 2 aromatic rings. The summed E-state index contributed by atoms with van der Waals surface area (Å²) in [5, 5.41) is 10.6. The number of rotatable bonds is 5. The van der Waals surface area contributed by atoms with Gasteiger partial charge in [-0.25, -0.2) is 4.79 Å². The van der Waals surface area contributed by atoms with Crippen molar-refractivity contribution in [3.8, 4) is 5.75 Å². The Morgan fingerprint density at radius 1 is 1.24 bits per heavy atom.